The fourth-order valence-corrected chi connectivity index (χ4v) is 1.40. The van der Waals surface area contributed by atoms with Crippen molar-refractivity contribution in [1.82, 2.24) is 20.2 Å². The largest absolute Gasteiger partial charge is 0.497 e. The molecule has 90 valence electrons. The molecule has 0 bridgehead atoms. The van der Waals surface area contributed by atoms with E-state index in [1.807, 2.05) is 31.2 Å². The Balaban J connectivity index is 1.87. The topological polar surface area (TPSA) is 62.1 Å². The number of ether oxygens (including phenoxy) is 2. The summed E-state index contributed by atoms with van der Waals surface area (Å²) in [5.74, 6) is 2.33. The molecule has 1 aromatic heterocycles. The smallest absolute Gasteiger partial charge is 0.148 e. The van der Waals surface area contributed by atoms with Gasteiger partial charge in [0.15, 0.2) is 0 Å². The van der Waals surface area contributed by atoms with Gasteiger partial charge < -0.3 is 9.47 Å². The van der Waals surface area contributed by atoms with Crippen LogP contribution in [0.1, 0.15) is 5.82 Å². The molecule has 0 N–H and O–H groups in total. The molecular weight excluding hydrogens is 220 g/mol. The lowest BCUT2D eigenvalue weighted by atomic mass is 10.3. The number of nitrogens with zero attached hydrogens (tertiary/aromatic N) is 4. The average Bonchev–Trinajstić information content (AvgIpc) is 2.76. The van der Waals surface area contributed by atoms with Crippen LogP contribution in [0.2, 0.25) is 0 Å². The maximum atomic E-state index is 5.58. The highest BCUT2D eigenvalue weighted by molar-refractivity contribution is 5.32. The molecular formula is C11H14N4O2. The fourth-order valence-electron chi connectivity index (χ4n) is 1.40. The van der Waals surface area contributed by atoms with Gasteiger partial charge >= 0.3 is 0 Å². The van der Waals surface area contributed by atoms with E-state index in [0.29, 0.717) is 13.2 Å². The van der Waals surface area contributed by atoms with Crippen molar-refractivity contribution < 1.29 is 9.47 Å². The Morgan fingerprint density at radius 2 is 2.12 bits per heavy atom. The van der Waals surface area contributed by atoms with Crippen LogP contribution in [0.5, 0.6) is 11.5 Å². The molecule has 0 saturated carbocycles. The van der Waals surface area contributed by atoms with Crippen molar-refractivity contribution >= 4 is 0 Å². The molecule has 0 unspecified atom stereocenters. The summed E-state index contributed by atoms with van der Waals surface area (Å²) in [5.41, 5.74) is 0. The Labute approximate surface area is 99.2 Å². The number of methoxy groups -OCH3 is 1. The summed E-state index contributed by atoms with van der Waals surface area (Å²) < 4.78 is 12.4. The first kappa shape index (κ1) is 11.4. The molecule has 0 saturated heterocycles. The third-order valence-corrected chi connectivity index (χ3v) is 2.32. The van der Waals surface area contributed by atoms with E-state index >= 15 is 0 Å². The Morgan fingerprint density at radius 1 is 1.29 bits per heavy atom. The van der Waals surface area contributed by atoms with Crippen LogP contribution >= 0.6 is 0 Å². The molecule has 0 aliphatic heterocycles. The van der Waals surface area contributed by atoms with Crippen molar-refractivity contribution in [3.63, 3.8) is 0 Å². The molecule has 2 rings (SSSR count). The first-order valence-electron chi connectivity index (χ1n) is 5.29. The summed E-state index contributed by atoms with van der Waals surface area (Å²) in [6.45, 7) is 2.99. The van der Waals surface area contributed by atoms with Crippen LogP contribution in [0.15, 0.2) is 24.3 Å². The Morgan fingerprint density at radius 3 is 2.82 bits per heavy atom. The maximum Gasteiger partial charge on any atom is 0.148 e. The van der Waals surface area contributed by atoms with Gasteiger partial charge in [-0.05, 0) is 29.5 Å². The SMILES string of the molecule is COc1cccc(OCCn2nnnc2C)c1. The average molecular weight is 234 g/mol. The quantitative estimate of drug-likeness (QED) is 0.774. The Kier molecular flexibility index (Phi) is 3.54. The number of rotatable bonds is 5. The second kappa shape index (κ2) is 5.29. The number of benzene rings is 1. The van der Waals surface area contributed by atoms with E-state index in [4.69, 9.17) is 9.47 Å². The minimum atomic E-state index is 0.513. The molecule has 0 aliphatic carbocycles. The van der Waals surface area contributed by atoms with E-state index in [-0.39, 0.29) is 0 Å². The standard InChI is InChI=1S/C11H14N4O2/c1-9-12-13-14-15(9)6-7-17-11-5-3-4-10(8-11)16-2/h3-5,8H,6-7H2,1-2H3. The van der Waals surface area contributed by atoms with Crippen molar-refractivity contribution in [2.75, 3.05) is 13.7 Å². The molecule has 0 spiro atoms. The summed E-state index contributed by atoms with van der Waals surface area (Å²) in [4.78, 5) is 0. The van der Waals surface area contributed by atoms with Gasteiger partial charge in [0.2, 0.25) is 0 Å². The molecule has 0 aliphatic rings. The van der Waals surface area contributed by atoms with Crippen LogP contribution in [0.25, 0.3) is 0 Å². The third kappa shape index (κ3) is 2.93. The van der Waals surface area contributed by atoms with Crippen molar-refractivity contribution in [3.05, 3.63) is 30.1 Å². The van der Waals surface area contributed by atoms with Gasteiger partial charge in [0, 0.05) is 6.07 Å². The normalized spacial score (nSPS) is 10.2. The van der Waals surface area contributed by atoms with Gasteiger partial charge in [0.05, 0.1) is 13.7 Å². The van der Waals surface area contributed by atoms with Crippen molar-refractivity contribution in [2.24, 2.45) is 0 Å². The van der Waals surface area contributed by atoms with Crippen molar-refractivity contribution in [1.29, 1.82) is 0 Å². The van der Waals surface area contributed by atoms with Gasteiger partial charge in [-0.15, -0.1) is 5.10 Å². The van der Waals surface area contributed by atoms with Crippen LogP contribution in [-0.4, -0.2) is 33.9 Å². The highest BCUT2D eigenvalue weighted by Gasteiger charge is 2.01. The van der Waals surface area contributed by atoms with E-state index < -0.39 is 0 Å². The molecule has 2 aromatic rings. The molecule has 0 amide bonds. The summed E-state index contributed by atoms with van der Waals surface area (Å²) in [7, 11) is 1.63. The number of hydrogen-bond donors (Lipinski definition) is 0. The van der Waals surface area contributed by atoms with E-state index in [1.165, 1.54) is 0 Å². The zero-order valence-electron chi connectivity index (χ0n) is 9.83. The lowest BCUT2D eigenvalue weighted by Crippen LogP contribution is -2.11. The minimum Gasteiger partial charge on any atom is -0.497 e. The Bertz CT molecular complexity index is 484. The number of hydrogen-bond acceptors (Lipinski definition) is 5. The van der Waals surface area contributed by atoms with Gasteiger partial charge in [-0.2, -0.15) is 0 Å². The molecule has 6 heteroatoms. The third-order valence-electron chi connectivity index (χ3n) is 2.32. The zero-order valence-corrected chi connectivity index (χ0v) is 9.83. The summed E-state index contributed by atoms with van der Waals surface area (Å²) >= 11 is 0. The van der Waals surface area contributed by atoms with Gasteiger partial charge in [-0.25, -0.2) is 4.68 Å². The monoisotopic (exact) mass is 234 g/mol. The van der Waals surface area contributed by atoms with Crippen LogP contribution in [0.3, 0.4) is 0 Å². The summed E-state index contributed by atoms with van der Waals surface area (Å²) in [6.07, 6.45) is 0. The van der Waals surface area contributed by atoms with Crippen molar-refractivity contribution in [3.8, 4) is 11.5 Å². The predicted molar refractivity (Wildman–Crippen MR) is 61.0 cm³/mol. The van der Waals surface area contributed by atoms with Gasteiger partial charge in [-0.3, -0.25) is 0 Å². The van der Waals surface area contributed by atoms with E-state index in [9.17, 15) is 0 Å². The van der Waals surface area contributed by atoms with E-state index in [2.05, 4.69) is 15.5 Å². The molecule has 0 atom stereocenters. The molecule has 1 aromatic carbocycles. The van der Waals surface area contributed by atoms with E-state index in [1.54, 1.807) is 11.8 Å². The van der Waals surface area contributed by atoms with E-state index in [0.717, 1.165) is 17.3 Å². The lowest BCUT2D eigenvalue weighted by Gasteiger charge is -2.07. The van der Waals surface area contributed by atoms with Gasteiger partial charge in [0.25, 0.3) is 0 Å². The van der Waals surface area contributed by atoms with Crippen LogP contribution in [-0.2, 0) is 6.54 Å². The summed E-state index contributed by atoms with van der Waals surface area (Å²) in [5, 5.41) is 11.2. The van der Waals surface area contributed by atoms with Gasteiger partial charge in [0.1, 0.15) is 23.9 Å². The first-order valence-corrected chi connectivity index (χ1v) is 5.29. The van der Waals surface area contributed by atoms with Crippen LogP contribution in [0, 0.1) is 6.92 Å². The molecule has 0 fully saturated rings. The first-order chi connectivity index (χ1) is 8.29. The highest BCUT2D eigenvalue weighted by Crippen LogP contribution is 2.18. The number of tetrazole rings is 1. The van der Waals surface area contributed by atoms with Crippen LogP contribution in [0.4, 0.5) is 0 Å². The van der Waals surface area contributed by atoms with Crippen molar-refractivity contribution in [2.45, 2.75) is 13.5 Å². The predicted octanol–water partition coefficient (Wildman–Crippen LogP) is 1.07. The zero-order chi connectivity index (χ0) is 12.1. The number of aromatic nitrogens is 4. The summed E-state index contributed by atoms with van der Waals surface area (Å²) in [6, 6.07) is 7.48. The molecule has 0 radical (unpaired) electrons. The maximum absolute atomic E-state index is 5.58. The lowest BCUT2D eigenvalue weighted by molar-refractivity contribution is 0.286. The molecule has 17 heavy (non-hydrogen) atoms. The fraction of sp³-hybridized carbons (Fsp3) is 0.364. The molecule has 6 nitrogen and oxygen atoms in total. The van der Waals surface area contributed by atoms with Gasteiger partial charge in [-0.1, -0.05) is 6.07 Å². The highest BCUT2D eigenvalue weighted by atomic mass is 16.5. The Hall–Kier alpha value is -2.11. The second-order valence-corrected chi connectivity index (χ2v) is 3.48. The molecule has 1 heterocycles. The second-order valence-electron chi connectivity index (χ2n) is 3.48. The number of aryl methyl sites for hydroxylation is 1. The van der Waals surface area contributed by atoms with Crippen LogP contribution < -0.4 is 9.47 Å². The minimum absolute atomic E-state index is 0.513.